The topological polar surface area (TPSA) is 63.4 Å². The van der Waals surface area contributed by atoms with Gasteiger partial charge in [-0.1, -0.05) is 30.4 Å². The van der Waals surface area contributed by atoms with Crippen LogP contribution in [0.25, 0.3) is 0 Å². The first-order valence-electron chi connectivity index (χ1n) is 8.42. The van der Waals surface area contributed by atoms with E-state index in [-0.39, 0.29) is 11.9 Å². The summed E-state index contributed by atoms with van der Waals surface area (Å²) in [4.78, 5) is 12.9. The van der Waals surface area contributed by atoms with Crippen LogP contribution in [0.2, 0.25) is 0 Å². The van der Waals surface area contributed by atoms with Crippen LogP contribution >= 0.6 is 23.6 Å². The molecule has 2 rings (SSSR count). The molecular weight excluding hydrogens is 354 g/mol. The van der Waals surface area contributed by atoms with Gasteiger partial charge in [0.2, 0.25) is 5.13 Å². The van der Waals surface area contributed by atoms with Crippen LogP contribution in [0, 0.1) is 3.95 Å². The van der Waals surface area contributed by atoms with E-state index < -0.39 is 0 Å². The average molecular weight is 381 g/mol. The molecule has 0 bridgehead atoms. The van der Waals surface area contributed by atoms with Gasteiger partial charge in [0.05, 0.1) is 7.05 Å². The lowest BCUT2D eigenvalue weighted by Crippen LogP contribution is -3.09. The largest absolute Gasteiger partial charge is 0.349 e. The molecule has 2 aromatic rings. The second-order valence-electron chi connectivity index (χ2n) is 6.36. The molecule has 1 atom stereocenters. The summed E-state index contributed by atoms with van der Waals surface area (Å²) in [5.41, 5.74) is 2.29. The molecule has 0 saturated heterocycles. The zero-order valence-electron chi connectivity index (χ0n) is 15.1. The van der Waals surface area contributed by atoms with Crippen molar-refractivity contribution >= 4 is 40.3 Å². The summed E-state index contributed by atoms with van der Waals surface area (Å²) in [7, 11) is 1.96. The highest BCUT2D eigenvalue weighted by atomic mass is 32.1. The second kappa shape index (κ2) is 9.07. The third-order valence-electron chi connectivity index (χ3n) is 3.55. The van der Waals surface area contributed by atoms with Crippen molar-refractivity contribution in [3.63, 3.8) is 0 Å². The van der Waals surface area contributed by atoms with Gasteiger partial charge in [-0.2, -0.15) is 4.68 Å². The van der Waals surface area contributed by atoms with Gasteiger partial charge in [-0.25, -0.2) is 0 Å². The van der Waals surface area contributed by atoms with Crippen LogP contribution in [-0.4, -0.2) is 35.3 Å². The lowest BCUT2D eigenvalue weighted by molar-refractivity contribution is -0.895. The van der Waals surface area contributed by atoms with Gasteiger partial charge in [-0.3, -0.25) is 4.79 Å². The molecule has 1 unspecified atom stereocenters. The molecule has 1 amide bonds. The maximum Gasteiger partial charge on any atom is 0.275 e. The number of aromatic nitrogens is 2. The lowest BCUT2D eigenvalue weighted by atomic mass is 10.1. The van der Waals surface area contributed by atoms with E-state index in [4.69, 9.17) is 12.2 Å². The predicted molar refractivity (Wildman–Crippen MR) is 105 cm³/mol. The van der Waals surface area contributed by atoms with Crippen molar-refractivity contribution in [1.82, 2.24) is 15.1 Å². The Hall–Kier alpha value is -1.77. The summed E-state index contributed by atoms with van der Waals surface area (Å²) in [6, 6.07) is 8.44. The first-order valence-corrected chi connectivity index (χ1v) is 9.64. The Balaban J connectivity index is 1.96. The fourth-order valence-corrected chi connectivity index (χ4v) is 3.39. The molecule has 1 aromatic heterocycles. The Morgan fingerprint density at radius 3 is 2.64 bits per heavy atom. The average Bonchev–Trinajstić information content (AvgIpc) is 2.86. The van der Waals surface area contributed by atoms with Crippen molar-refractivity contribution < 1.29 is 9.69 Å². The lowest BCUT2D eigenvalue weighted by Gasteiger charge is -2.14. The maximum absolute atomic E-state index is 11.8. The summed E-state index contributed by atoms with van der Waals surface area (Å²) in [5, 5.41) is 11.5. The number of aryl methyl sites for hydroxylation is 1. The molecule has 0 saturated carbocycles. The van der Waals surface area contributed by atoms with Crippen LogP contribution in [0.1, 0.15) is 26.3 Å². The van der Waals surface area contributed by atoms with Crippen LogP contribution in [0.15, 0.2) is 24.3 Å². The number of benzene rings is 1. The van der Waals surface area contributed by atoms with Crippen LogP contribution in [0.3, 0.4) is 0 Å². The zero-order chi connectivity index (χ0) is 18.4. The van der Waals surface area contributed by atoms with Gasteiger partial charge in [0, 0.05) is 11.7 Å². The van der Waals surface area contributed by atoms with E-state index in [1.165, 1.54) is 16.9 Å². The van der Waals surface area contributed by atoms with Crippen molar-refractivity contribution in [2.24, 2.45) is 0 Å². The number of carbonyl (C=O) groups is 1. The Morgan fingerprint density at radius 1 is 1.36 bits per heavy atom. The van der Waals surface area contributed by atoms with Crippen molar-refractivity contribution in [2.75, 3.05) is 18.9 Å². The van der Waals surface area contributed by atoms with Crippen molar-refractivity contribution in [3.05, 3.63) is 33.8 Å². The maximum atomic E-state index is 11.8. The minimum absolute atomic E-state index is 0.0311. The molecule has 0 aliphatic carbocycles. The Bertz CT molecular complexity index is 751. The van der Waals surface area contributed by atoms with Crippen LogP contribution in [-0.2, 0) is 17.9 Å². The van der Waals surface area contributed by atoms with Crippen LogP contribution in [0.5, 0.6) is 0 Å². The predicted octanol–water partition coefficient (Wildman–Crippen LogP) is 1.98. The van der Waals surface area contributed by atoms with Gasteiger partial charge in [0.1, 0.15) is 0 Å². The van der Waals surface area contributed by atoms with E-state index in [9.17, 15) is 4.79 Å². The minimum atomic E-state index is 0.0311. The first kappa shape index (κ1) is 19.6. The number of quaternary nitrogens is 1. The molecule has 0 aliphatic heterocycles. The highest BCUT2D eigenvalue weighted by molar-refractivity contribution is 7.73. The summed E-state index contributed by atoms with van der Waals surface area (Å²) in [5.74, 6) is 0.0311. The SMILES string of the molecule is CCc1ccc(Nc2nn(C[NH+](C)CC(=O)NC(C)C)c(=S)s2)cc1. The zero-order valence-corrected chi connectivity index (χ0v) is 16.8. The molecule has 25 heavy (non-hydrogen) atoms. The molecule has 3 N–H and O–H groups in total. The number of nitrogens with one attached hydrogen (secondary N) is 3. The van der Waals surface area contributed by atoms with E-state index in [2.05, 4.69) is 34.8 Å². The third kappa shape index (κ3) is 6.22. The number of carbonyl (C=O) groups excluding carboxylic acids is 1. The Labute approximate surface area is 157 Å². The van der Waals surface area contributed by atoms with Gasteiger partial charge < -0.3 is 15.5 Å². The third-order valence-corrected chi connectivity index (χ3v) is 4.77. The van der Waals surface area contributed by atoms with E-state index in [0.29, 0.717) is 17.2 Å². The summed E-state index contributed by atoms with van der Waals surface area (Å²) in [6.45, 7) is 6.98. The highest BCUT2D eigenvalue weighted by Gasteiger charge is 2.13. The van der Waals surface area contributed by atoms with E-state index in [1.807, 2.05) is 33.0 Å². The standard InChI is InChI=1S/C17H25N5OS2/c1-5-13-6-8-14(9-7-13)19-16-20-22(17(24)25-16)11-21(4)10-15(23)18-12(2)3/h6-9,12H,5,10-11H2,1-4H3,(H,18,23)(H,19,20)/p+1. The molecule has 6 nitrogen and oxygen atoms in total. The number of rotatable bonds is 8. The number of nitrogens with zero attached hydrogens (tertiary/aromatic N) is 2. The van der Waals surface area contributed by atoms with Crippen molar-refractivity contribution in [3.8, 4) is 0 Å². The van der Waals surface area contributed by atoms with E-state index in [1.54, 1.807) is 4.68 Å². The van der Waals surface area contributed by atoms with E-state index >= 15 is 0 Å². The quantitative estimate of drug-likeness (QED) is 0.613. The monoisotopic (exact) mass is 380 g/mol. The molecule has 0 spiro atoms. The normalized spacial score (nSPS) is 12.2. The van der Waals surface area contributed by atoms with Crippen LogP contribution < -0.4 is 15.5 Å². The van der Waals surface area contributed by atoms with Gasteiger partial charge in [0.25, 0.3) is 5.91 Å². The van der Waals surface area contributed by atoms with Gasteiger partial charge >= 0.3 is 0 Å². The number of likely N-dealkylation sites (N-methyl/N-ethyl adjacent to an activating group) is 1. The molecule has 8 heteroatoms. The fraction of sp³-hybridized carbons (Fsp3) is 0.471. The number of hydrogen-bond acceptors (Lipinski definition) is 5. The first-order chi connectivity index (χ1) is 11.9. The molecule has 0 aliphatic rings. The second-order valence-corrected chi connectivity index (χ2v) is 7.98. The van der Waals surface area contributed by atoms with Gasteiger partial charge in [-0.15, -0.1) is 5.10 Å². The molecular formula is C17H26N5OS2+. The number of amides is 1. The summed E-state index contributed by atoms with van der Waals surface area (Å²) in [6.07, 6.45) is 1.02. The minimum Gasteiger partial charge on any atom is -0.349 e. The van der Waals surface area contributed by atoms with E-state index in [0.717, 1.165) is 22.1 Å². The molecule has 1 aromatic carbocycles. The van der Waals surface area contributed by atoms with Crippen molar-refractivity contribution in [2.45, 2.75) is 39.9 Å². The highest BCUT2D eigenvalue weighted by Crippen LogP contribution is 2.20. The molecule has 0 fully saturated rings. The number of anilines is 2. The van der Waals surface area contributed by atoms with Gasteiger partial charge in [-0.05, 0) is 50.2 Å². The summed E-state index contributed by atoms with van der Waals surface area (Å²) < 4.78 is 2.46. The fourth-order valence-electron chi connectivity index (χ4n) is 2.36. The molecule has 1 heterocycles. The summed E-state index contributed by atoms with van der Waals surface area (Å²) >= 11 is 6.83. The van der Waals surface area contributed by atoms with Crippen LogP contribution in [0.4, 0.5) is 10.8 Å². The number of hydrogen-bond donors (Lipinski definition) is 3. The smallest absolute Gasteiger partial charge is 0.275 e. The van der Waals surface area contributed by atoms with Crippen molar-refractivity contribution in [1.29, 1.82) is 0 Å². The van der Waals surface area contributed by atoms with Gasteiger partial charge in [0.15, 0.2) is 17.2 Å². The Morgan fingerprint density at radius 2 is 2.04 bits per heavy atom. The molecule has 136 valence electrons. The Kier molecular flexibility index (Phi) is 7.10. The molecule has 0 radical (unpaired) electrons.